The third kappa shape index (κ3) is 10.6. The van der Waals surface area contributed by atoms with Gasteiger partial charge in [-0.3, -0.25) is 4.79 Å². The highest BCUT2D eigenvalue weighted by molar-refractivity contribution is 6.17. The molecule has 1 aromatic carbocycles. The van der Waals surface area contributed by atoms with Gasteiger partial charge in [0.25, 0.3) is 0 Å². The number of alkyl halides is 1. The number of nitrogens with zero attached hydrogens (tertiary/aromatic N) is 1. The van der Waals surface area contributed by atoms with Gasteiger partial charge in [-0.2, -0.15) is 0 Å². The molecule has 0 spiro atoms. The van der Waals surface area contributed by atoms with Gasteiger partial charge in [0, 0.05) is 11.5 Å². The van der Waals surface area contributed by atoms with Crippen molar-refractivity contribution in [2.75, 3.05) is 20.6 Å². The standard InChI is InChI=1S/C9H18N2O.C7H7Cl/c1-8(9(10)12)6-4-5-7-11(2)3;8-6-7-4-2-1-3-5-7/h6H,4-5,7H2,1-3H3,(H2,10,12);1-5H,6H2. The second-order valence-corrected chi connectivity index (χ2v) is 5.08. The van der Waals surface area contributed by atoms with E-state index in [1.807, 2.05) is 50.5 Å². The Labute approximate surface area is 127 Å². The fraction of sp³-hybridized carbons (Fsp3) is 0.438. The molecule has 0 bridgehead atoms. The summed E-state index contributed by atoms with van der Waals surface area (Å²) in [6.07, 6.45) is 3.89. The fourth-order valence-corrected chi connectivity index (χ4v) is 1.57. The number of allylic oxidation sites excluding steroid dienone is 1. The number of primary amides is 1. The van der Waals surface area contributed by atoms with Crippen molar-refractivity contribution < 1.29 is 4.79 Å². The van der Waals surface area contributed by atoms with Gasteiger partial charge in [-0.25, -0.2) is 0 Å². The van der Waals surface area contributed by atoms with E-state index in [1.54, 1.807) is 6.92 Å². The average molecular weight is 297 g/mol. The van der Waals surface area contributed by atoms with E-state index in [2.05, 4.69) is 4.90 Å². The number of carbonyl (C=O) groups is 1. The topological polar surface area (TPSA) is 46.3 Å². The van der Waals surface area contributed by atoms with Gasteiger partial charge in [0.1, 0.15) is 0 Å². The van der Waals surface area contributed by atoms with Crippen molar-refractivity contribution in [3.8, 4) is 0 Å². The molecule has 112 valence electrons. The molecule has 1 aromatic rings. The zero-order valence-corrected chi connectivity index (χ0v) is 13.4. The molecule has 0 unspecified atom stereocenters. The van der Waals surface area contributed by atoms with Gasteiger partial charge >= 0.3 is 0 Å². The van der Waals surface area contributed by atoms with Gasteiger partial charge in [0.2, 0.25) is 5.91 Å². The second-order valence-electron chi connectivity index (χ2n) is 4.82. The summed E-state index contributed by atoms with van der Waals surface area (Å²) in [5.74, 6) is 0.292. The highest BCUT2D eigenvalue weighted by atomic mass is 35.5. The maximum atomic E-state index is 10.6. The minimum Gasteiger partial charge on any atom is -0.366 e. The summed E-state index contributed by atoms with van der Waals surface area (Å²) in [5, 5.41) is 0. The van der Waals surface area contributed by atoms with Gasteiger partial charge in [-0.05, 0) is 46.0 Å². The van der Waals surface area contributed by atoms with Crippen LogP contribution in [0, 0.1) is 0 Å². The lowest BCUT2D eigenvalue weighted by atomic mass is 10.2. The Bertz CT molecular complexity index is 402. The summed E-state index contributed by atoms with van der Waals surface area (Å²) >= 11 is 5.53. The molecule has 4 heteroatoms. The average Bonchev–Trinajstić information content (AvgIpc) is 2.44. The summed E-state index contributed by atoms with van der Waals surface area (Å²) in [4.78, 5) is 12.7. The molecule has 0 fully saturated rings. The van der Waals surface area contributed by atoms with E-state index in [1.165, 1.54) is 5.56 Å². The Morgan fingerprint density at radius 3 is 2.30 bits per heavy atom. The molecule has 0 atom stereocenters. The van der Waals surface area contributed by atoms with Crippen molar-refractivity contribution in [1.82, 2.24) is 4.90 Å². The maximum absolute atomic E-state index is 10.6. The zero-order chi connectivity index (χ0) is 15.4. The number of carbonyl (C=O) groups excluding carboxylic acids is 1. The molecule has 0 radical (unpaired) electrons. The van der Waals surface area contributed by atoms with Gasteiger partial charge in [0.15, 0.2) is 0 Å². The molecule has 0 aromatic heterocycles. The molecule has 0 saturated carbocycles. The van der Waals surface area contributed by atoms with Gasteiger partial charge < -0.3 is 10.6 Å². The molecular formula is C16H25ClN2O. The Morgan fingerprint density at radius 2 is 1.90 bits per heavy atom. The van der Waals surface area contributed by atoms with E-state index in [9.17, 15) is 4.79 Å². The number of nitrogens with two attached hydrogens (primary N) is 1. The first-order valence-corrected chi connectivity index (χ1v) is 7.22. The molecule has 1 amide bonds. The molecule has 0 aliphatic rings. The molecule has 0 aliphatic heterocycles. The van der Waals surface area contributed by atoms with E-state index in [-0.39, 0.29) is 5.91 Å². The van der Waals surface area contributed by atoms with Crippen molar-refractivity contribution in [2.24, 2.45) is 5.73 Å². The number of hydrogen-bond donors (Lipinski definition) is 1. The normalized spacial score (nSPS) is 10.9. The van der Waals surface area contributed by atoms with E-state index in [0.29, 0.717) is 11.5 Å². The van der Waals surface area contributed by atoms with E-state index in [0.717, 1.165) is 19.4 Å². The predicted octanol–water partition coefficient (Wildman–Crippen LogP) is 3.19. The van der Waals surface area contributed by atoms with Crippen LogP contribution in [-0.4, -0.2) is 31.4 Å². The molecule has 2 N–H and O–H groups in total. The van der Waals surface area contributed by atoms with Crippen LogP contribution in [0.3, 0.4) is 0 Å². The van der Waals surface area contributed by atoms with Crippen LogP contribution in [0.25, 0.3) is 0 Å². The lowest BCUT2D eigenvalue weighted by Gasteiger charge is -2.06. The highest BCUT2D eigenvalue weighted by Crippen LogP contribution is 2.00. The number of rotatable bonds is 6. The fourth-order valence-electron chi connectivity index (χ4n) is 1.39. The highest BCUT2D eigenvalue weighted by Gasteiger charge is 1.95. The smallest absolute Gasteiger partial charge is 0.244 e. The van der Waals surface area contributed by atoms with Crippen LogP contribution in [-0.2, 0) is 10.7 Å². The third-order valence-corrected chi connectivity index (χ3v) is 2.95. The Balaban J connectivity index is 0.000000388. The lowest BCUT2D eigenvalue weighted by molar-refractivity contribution is -0.114. The van der Waals surface area contributed by atoms with Crippen LogP contribution in [0.15, 0.2) is 42.0 Å². The van der Waals surface area contributed by atoms with Crippen LogP contribution in [0.2, 0.25) is 0 Å². The van der Waals surface area contributed by atoms with E-state index in [4.69, 9.17) is 17.3 Å². The lowest BCUT2D eigenvalue weighted by Crippen LogP contribution is -2.13. The monoisotopic (exact) mass is 296 g/mol. The van der Waals surface area contributed by atoms with Gasteiger partial charge in [-0.1, -0.05) is 36.4 Å². The van der Waals surface area contributed by atoms with E-state index >= 15 is 0 Å². The first kappa shape index (κ1) is 18.7. The van der Waals surface area contributed by atoms with Crippen molar-refractivity contribution >= 4 is 17.5 Å². The number of amides is 1. The Morgan fingerprint density at radius 1 is 1.30 bits per heavy atom. The van der Waals surface area contributed by atoms with Crippen molar-refractivity contribution in [3.63, 3.8) is 0 Å². The van der Waals surface area contributed by atoms with Crippen molar-refractivity contribution in [3.05, 3.63) is 47.5 Å². The van der Waals surface area contributed by atoms with Crippen molar-refractivity contribution in [1.29, 1.82) is 0 Å². The first-order valence-electron chi connectivity index (χ1n) is 6.68. The quantitative estimate of drug-likeness (QED) is 0.498. The number of unbranched alkanes of at least 4 members (excludes halogenated alkanes) is 1. The molecule has 1 rings (SSSR count). The van der Waals surface area contributed by atoms with Crippen molar-refractivity contribution in [2.45, 2.75) is 25.6 Å². The van der Waals surface area contributed by atoms with E-state index < -0.39 is 0 Å². The minimum absolute atomic E-state index is 0.320. The third-order valence-electron chi connectivity index (χ3n) is 2.65. The summed E-state index contributed by atoms with van der Waals surface area (Å²) in [6.45, 7) is 2.79. The molecule has 0 heterocycles. The molecule has 0 aliphatic carbocycles. The maximum Gasteiger partial charge on any atom is 0.244 e. The molecule has 3 nitrogen and oxygen atoms in total. The Kier molecular flexibility index (Phi) is 10.7. The number of benzene rings is 1. The van der Waals surface area contributed by atoms with Crippen LogP contribution >= 0.6 is 11.6 Å². The van der Waals surface area contributed by atoms with Gasteiger partial charge in [0.05, 0.1) is 0 Å². The zero-order valence-electron chi connectivity index (χ0n) is 12.6. The van der Waals surface area contributed by atoms with Crippen LogP contribution < -0.4 is 5.73 Å². The molecule has 0 saturated heterocycles. The second kappa shape index (κ2) is 11.5. The molecular weight excluding hydrogens is 272 g/mol. The van der Waals surface area contributed by atoms with Crippen LogP contribution in [0.1, 0.15) is 25.3 Å². The predicted molar refractivity (Wildman–Crippen MR) is 86.7 cm³/mol. The summed E-state index contributed by atoms with van der Waals surface area (Å²) in [5.41, 5.74) is 6.90. The minimum atomic E-state index is -0.320. The van der Waals surface area contributed by atoms with Crippen LogP contribution in [0.4, 0.5) is 0 Å². The van der Waals surface area contributed by atoms with Crippen LogP contribution in [0.5, 0.6) is 0 Å². The number of hydrogen-bond acceptors (Lipinski definition) is 2. The van der Waals surface area contributed by atoms with Gasteiger partial charge in [-0.15, -0.1) is 11.6 Å². The summed E-state index contributed by atoms with van der Waals surface area (Å²) in [7, 11) is 4.06. The number of halogens is 1. The Hall–Kier alpha value is -1.32. The summed E-state index contributed by atoms with van der Waals surface area (Å²) in [6, 6.07) is 9.96. The largest absolute Gasteiger partial charge is 0.366 e. The SMILES string of the molecule is CC(=CCCCN(C)C)C(N)=O.ClCc1ccccc1. The first-order chi connectivity index (χ1) is 9.47. The molecule has 20 heavy (non-hydrogen) atoms. The summed E-state index contributed by atoms with van der Waals surface area (Å²) < 4.78 is 0.